The van der Waals surface area contributed by atoms with E-state index in [1.165, 1.54) is 11.3 Å². The molecule has 0 aliphatic carbocycles. The first-order chi connectivity index (χ1) is 8.72. The molecule has 0 spiro atoms. The fourth-order valence-electron chi connectivity index (χ4n) is 2.11. The molecule has 2 rings (SSSR count). The Morgan fingerprint density at radius 3 is 2.61 bits per heavy atom. The van der Waals surface area contributed by atoms with E-state index in [2.05, 4.69) is 53.4 Å². The summed E-state index contributed by atoms with van der Waals surface area (Å²) >= 11 is 0. The molecular weight excluding hydrogens is 222 g/mol. The number of aryl methyl sites for hydroxylation is 2. The van der Waals surface area contributed by atoms with Crippen LogP contribution in [-0.2, 0) is 6.42 Å². The van der Waals surface area contributed by atoms with Gasteiger partial charge in [0.2, 0.25) is 0 Å². The second kappa shape index (κ2) is 5.63. The number of rotatable bonds is 4. The number of anilines is 1. The topological polar surface area (TPSA) is 37.8 Å². The molecule has 0 bridgehead atoms. The maximum atomic E-state index is 4.40. The van der Waals surface area contributed by atoms with Crippen LogP contribution in [0.25, 0.3) is 0 Å². The average molecular weight is 241 g/mol. The van der Waals surface area contributed by atoms with Gasteiger partial charge >= 0.3 is 0 Å². The van der Waals surface area contributed by atoms with E-state index < -0.39 is 0 Å². The molecule has 2 aromatic rings. The zero-order chi connectivity index (χ0) is 13.0. The largest absolute Gasteiger partial charge is 0.377 e. The monoisotopic (exact) mass is 241 g/mol. The maximum Gasteiger partial charge on any atom is 0.0835 e. The third-order valence-corrected chi connectivity index (χ3v) is 3.10. The predicted octanol–water partition coefficient (Wildman–Crippen LogP) is 3.52. The first-order valence-corrected chi connectivity index (χ1v) is 6.34. The Bertz CT molecular complexity index is 523. The molecule has 0 radical (unpaired) electrons. The quantitative estimate of drug-likeness (QED) is 0.890. The number of aromatic nitrogens is 2. The van der Waals surface area contributed by atoms with Crippen LogP contribution in [0.4, 0.5) is 5.69 Å². The van der Waals surface area contributed by atoms with Crippen molar-refractivity contribution in [2.24, 2.45) is 0 Å². The van der Waals surface area contributed by atoms with Crippen molar-refractivity contribution in [3.05, 3.63) is 53.6 Å². The molecule has 0 aliphatic rings. The smallest absolute Gasteiger partial charge is 0.0835 e. The molecule has 1 heterocycles. The molecule has 0 amide bonds. The highest BCUT2D eigenvalue weighted by molar-refractivity contribution is 5.52. The van der Waals surface area contributed by atoms with Crippen molar-refractivity contribution < 1.29 is 0 Å². The molecule has 1 unspecified atom stereocenters. The summed E-state index contributed by atoms with van der Waals surface area (Å²) in [5.74, 6) is 0. The van der Waals surface area contributed by atoms with E-state index in [0.29, 0.717) is 0 Å². The molecule has 1 atom stereocenters. The molecule has 1 N–H and O–H groups in total. The Morgan fingerprint density at radius 1 is 1.17 bits per heavy atom. The van der Waals surface area contributed by atoms with E-state index >= 15 is 0 Å². The third-order valence-electron chi connectivity index (χ3n) is 3.10. The van der Waals surface area contributed by atoms with Gasteiger partial charge in [-0.3, -0.25) is 9.97 Å². The molecule has 0 fully saturated rings. The lowest BCUT2D eigenvalue weighted by Crippen LogP contribution is -2.12. The van der Waals surface area contributed by atoms with Crippen molar-refractivity contribution in [2.75, 3.05) is 5.32 Å². The molecular formula is C15H19N3. The number of hydrogen-bond donors (Lipinski definition) is 1. The number of nitrogens with one attached hydrogen (secondary N) is 1. The minimum atomic E-state index is 0.159. The van der Waals surface area contributed by atoms with Crippen LogP contribution in [0.2, 0.25) is 0 Å². The Labute approximate surface area is 108 Å². The summed E-state index contributed by atoms with van der Waals surface area (Å²) in [6.07, 6.45) is 4.49. The highest BCUT2D eigenvalue weighted by atomic mass is 15.0. The molecule has 94 valence electrons. The van der Waals surface area contributed by atoms with Gasteiger partial charge in [0.25, 0.3) is 0 Å². The SMILES string of the molecule is CCc1ccccc1NC(C)c1nccnc1C. The second-order valence-corrected chi connectivity index (χ2v) is 4.40. The summed E-state index contributed by atoms with van der Waals surface area (Å²) in [4.78, 5) is 8.69. The zero-order valence-electron chi connectivity index (χ0n) is 11.1. The fraction of sp³-hybridized carbons (Fsp3) is 0.333. The molecule has 1 aromatic carbocycles. The van der Waals surface area contributed by atoms with Crippen molar-refractivity contribution in [2.45, 2.75) is 33.2 Å². The summed E-state index contributed by atoms with van der Waals surface area (Å²) in [7, 11) is 0. The summed E-state index contributed by atoms with van der Waals surface area (Å²) in [5.41, 5.74) is 4.48. The van der Waals surface area contributed by atoms with Crippen LogP contribution in [0.5, 0.6) is 0 Å². The highest BCUT2D eigenvalue weighted by Crippen LogP contribution is 2.22. The first kappa shape index (κ1) is 12.6. The van der Waals surface area contributed by atoms with Gasteiger partial charge in [0.1, 0.15) is 0 Å². The van der Waals surface area contributed by atoms with Crippen molar-refractivity contribution in [1.82, 2.24) is 9.97 Å². The molecule has 0 saturated heterocycles. The number of nitrogens with zero attached hydrogens (tertiary/aromatic N) is 2. The van der Waals surface area contributed by atoms with Crippen LogP contribution in [0.1, 0.15) is 36.8 Å². The van der Waals surface area contributed by atoms with E-state index in [-0.39, 0.29) is 6.04 Å². The van der Waals surface area contributed by atoms with Gasteiger partial charge in [-0.25, -0.2) is 0 Å². The maximum absolute atomic E-state index is 4.40. The number of hydrogen-bond acceptors (Lipinski definition) is 3. The van der Waals surface area contributed by atoms with Gasteiger partial charge < -0.3 is 5.32 Å². The van der Waals surface area contributed by atoms with E-state index in [0.717, 1.165) is 17.8 Å². The van der Waals surface area contributed by atoms with Crippen LogP contribution in [0.15, 0.2) is 36.7 Å². The summed E-state index contributed by atoms with van der Waals surface area (Å²) in [6.45, 7) is 6.27. The summed E-state index contributed by atoms with van der Waals surface area (Å²) in [5, 5.41) is 3.52. The predicted molar refractivity (Wildman–Crippen MR) is 74.6 cm³/mol. The van der Waals surface area contributed by atoms with E-state index in [4.69, 9.17) is 0 Å². The second-order valence-electron chi connectivity index (χ2n) is 4.40. The van der Waals surface area contributed by atoms with Crippen molar-refractivity contribution >= 4 is 5.69 Å². The van der Waals surface area contributed by atoms with Gasteiger partial charge in [0, 0.05) is 18.1 Å². The lowest BCUT2D eigenvalue weighted by molar-refractivity contribution is 0.807. The van der Waals surface area contributed by atoms with Crippen molar-refractivity contribution in [3.8, 4) is 0 Å². The normalized spacial score (nSPS) is 12.2. The van der Waals surface area contributed by atoms with Gasteiger partial charge in [-0.15, -0.1) is 0 Å². The van der Waals surface area contributed by atoms with E-state index in [9.17, 15) is 0 Å². The average Bonchev–Trinajstić information content (AvgIpc) is 2.39. The van der Waals surface area contributed by atoms with Crippen molar-refractivity contribution in [1.29, 1.82) is 0 Å². The Morgan fingerprint density at radius 2 is 1.89 bits per heavy atom. The van der Waals surface area contributed by atoms with Gasteiger partial charge in [0.05, 0.1) is 17.4 Å². The third kappa shape index (κ3) is 2.67. The molecule has 1 aromatic heterocycles. The highest BCUT2D eigenvalue weighted by Gasteiger charge is 2.11. The van der Waals surface area contributed by atoms with Crippen LogP contribution >= 0.6 is 0 Å². The molecule has 0 aliphatic heterocycles. The van der Waals surface area contributed by atoms with Gasteiger partial charge in [0.15, 0.2) is 0 Å². The lowest BCUT2D eigenvalue weighted by Gasteiger charge is -2.18. The first-order valence-electron chi connectivity index (χ1n) is 6.34. The lowest BCUT2D eigenvalue weighted by atomic mass is 10.1. The van der Waals surface area contributed by atoms with E-state index in [1.54, 1.807) is 12.4 Å². The van der Waals surface area contributed by atoms with E-state index in [1.807, 2.05) is 6.92 Å². The molecule has 3 heteroatoms. The summed E-state index contributed by atoms with van der Waals surface area (Å²) < 4.78 is 0. The fourth-order valence-corrected chi connectivity index (χ4v) is 2.11. The van der Waals surface area contributed by atoms with Crippen LogP contribution < -0.4 is 5.32 Å². The number of para-hydroxylation sites is 1. The molecule has 0 saturated carbocycles. The van der Waals surface area contributed by atoms with Gasteiger partial charge in [-0.1, -0.05) is 25.1 Å². The Kier molecular flexibility index (Phi) is 3.92. The van der Waals surface area contributed by atoms with Crippen LogP contribution in [0.3, 0.4) is 0 Å². The Balaban J connectivity index is 2.21. The minimum Gasteiger partial charge on any atom is -0.377 e. The minimum absolute atomic E-state index is 0.159. The van der Waals surface area contributed by atoms with Gasteiger partial charge in [-0.2, -0.15) is 0 Å². The molecule has 3 nitrogen and oxygen atoms in total. The van der Waals surface area contributed by atoms with Crippen molar-refractivity contribution in [3.63, 3.8) is 0 Å². The molecule has 18 heavy (non-hydrogen) atoms. The van der Waals surface area contributed by atoms with Gasteiger partial charge in [-0.05, 0) is 31.9 Å². The van der Waals surface area contributed by atoms with Crippen LogP contribution in [0, 0.1) is 6.92 Å². The summed E-state index contributed by atoms with van der Waals surface area (Å²) in [6, 6.07) is 8.55. The standard InChI is InChI=1S/C15H19N3/c1-4-13-7-5-6-8-14(13)18-12(3)15-11(2)16-9-10-17-15/h5-10,12,18H,4H2,1-3H3. The Hall–Kier alpha value is -1.90. The van der Waals surface area contributed by atoms with Crippen LogP contribution in [-0.4, -0.2) is 9.97 Å². The zero-order valence-corrected chi connectivity index (χ0v) is 11.1. The number of benzene rings is 1.